The molecule has 0 saturated carbocycles. The normalized spacial score (nSPS) is 21.4. The maximum atomic E-state index is 6.41. The summed E-state index contributed by atoms with van der Waals surface area (Å²) in [7, 11) is 0. The molecule has 0 radical (unpaired) electrons. The van der Waals surface area contributed by atoms with E-state index in [1.165, 1.54) is 12.8 Å². The molecule has 2 atom stereocenters. The molecule has 1 aliphatic heterocycles. The molecule has 0 aromatic carbocycles. The van der Waals surface area contributed by atoms with E-state index in [1.807, 2.05) is 13.0 Å². The summed E-state index contributed by atoms with van der Waals surface area (Å²) < 4.78 is 5.89. The van der Waals surface area contributed by atoms with Crippen LogP contribution in [0.5, 0.6) is 0 Å². The molecule has 2 rings (SSSR count). The first kappa shape index (κ1) is 16.6. The minimum atomic E-state index is 0.140. The van der Waals surface area contributed by atoms with Crippen molar-refractivity contribution in [2.75, 3.05) is 13.1 Å². The predicted octanol–water partition coefficient (Wildman–Crippen LogP) is 4.12. The van der Waals surface area contributed by atoms with Crippen LogP contribution in [0.15, 0.2) is 16.5 Å². The van der Waals surface area contributed by atoms with Crippen LogP contribution < -0.4 is 5.73 Å². The molecular formula is C18H32N2O. The second kappa shape index (κ2) is 6.53. The quantitative estimate of drug-likeness (QED) is 0.907. The van der Waals surface area contributed by atoms with Crippen molar-refractivity contribution in [1.29, 1.82) is 0 Å². The van der Waals surface area contributed by atoms with Crippen LogP contribution in [0.1, 0.15) is 64.5 Å². The lowest BCUT2D eigenvalue weighted by atomic mass is 9.75. The number of hydrogen-bond acceptors (Lipinski definition) is 3. The number of nitrogens with zero attached hydrogens (tertiary/aromatic N) is 1. The summed E-state index contributed by atoms with van der Waals surface area (Å²) in [5.41, 5.74) is 6.82. The van der Waals surface area contributed by atoms with Crippen LogP contribution in [-0.2, 0) is 0 Å². The summed E-state index contributed by atoms with van der Waals surface area (Å²) in [6.07, 6.45) is 3.50. The third-order valence-electron chi connectivity index (χ3n) is 5.08. The summed E-state index contributed by atoms with van der Waals surface area (Å²) in [5, 5.41) is 0. The molecule has 3 nitrogen and oxygen atoms in total. The van der Waals surface area contributed by atoms with E-state index in [2.05, 4.69) is 38.7 Å². The van der Waals surface area contributed by atoms with Gasteiger partial charge in [-0.3, -0.25) is 4.90 Å². The van der Waals surface area contributed by atoms with Crippen molar-refractivity contribution in [3.63, 3.8) is 0 Å². The van der Waals surface area contributed by atoms with Crippen LogP contribution in [0.4, 0.5) is 0 Å². The Balaban J connectivity index is 2.09. The van der Waals surface area contributed by atoms with Gasteiger partial charge in [0.05, 0.1) is 6.04 Å². The fourth-order valence-electron chi connectivity index (χ4n) is 3.54. The fraction of sp³-hybridized carbons (Fsp3) is 0.778. The van der Waals surface area contributed by atoms with Crippen LogP contribution in [0.25, 0.3) is 0 Å². The van der Waals surface area contributed by atoms with Gasteiger partial charge in [0.1, 0.15) is 11.5 Å². The molecule has 1 fully saturated rings. The van der Waals surface area contributed by atoms with E-state index in [-0.39, 0.29) is 12.1 Å². The lowest BCUT2D eigenvalue weighted by molar-refractivity contribution is 0.0635. The van der Waals surface area contributed by atoms with Gasteiger partial charge in [0, 0.05) is 6.04 Å². The van der Waals surface area contributed by atoms with Gasteiger partial charge in [0.2, 0.25) is 0 Å². The largest absolute Gasteiger partial charge is 0.465 e. The van der Waals surface area contributed by atoms with Gasteiger partial charge in [0.15, 0.2) is 0 Å². The predicted molar refractivity (Wildman–Crippen MR) is 88.2 cm³/mol. The van der Waals surface area contributed by atoms with Crippen molar-refractivity contribution in [3.8, 4) is 0 Å². The Labute approximate surface area is 129 Å². The van der Waals surface area contributed by atoms with Crippen LogP contribution in [0, 0.1) is 18.3 Å². The molecule has 0 spiro atoms. The van der Waals surface area contributed by atoms with Crippen molar-refractivity contribution in [3.05, 3.63) is 23.7 Å². The van der Waals surface area contributed by atoms with Gasteiger partial charge in [-0.05, 0) is 62.7 Å². The third-order valence-corrected chi connectivity index (χ3v) is 5.08. The van der Waals surface area contributed by atoms with E-state index in [9.17, 15) is 0 Å². The molecule has 1 aliphatic rings. The molecular weight excluding hydrogens is 260 g/mol. The first-order valence-electron chi connectivity index (χ1n) is 8.39. The minimum Gasteiger partial charge on any atom is -0.465 e. The fourth-order valence-corrected chi connectivity index (χ4v) is 3.54. The van der Waals surface area contributed by atoms with Gasteiger partial charge in [-0.2, -0.15) is 0 Å². The third kappa shape index (κ3) is 3.89. The summed E-state index contributed by atoms with van der Waals surface area (Å²) in [6.45, 7) is 13.5. The zero-order valence-corrected chi connectivity index (χ0v) is 14.4. The number of piperidine rings is 1. The maximum Gasteiger partial charge on any atom is 0.122 e. The number of furan rings is 1. The Morgan fingerprint density at radius 2 is 1.90 bits per heavy atom. The average Bonchev–Trinajstić information content (AvgIpc) is 2.84. The van der Waals surface area contributed by atoms with Gasteiger partial charge in [-0.1, -0.05) is 27.7 Å². The molecule has 3 heteroatoms. The Kier molecular flexibility index (Phi) is 5.15. The molecule has 2 heterocycles. The Morgan fingerprint density at radius 3 is 2.33 bits per heavy atom. The zero-order chi connectivity index (χ0) is 15.6. The highest BCUT2D eigenvalue weighted by Crippen LogP contribution is 2.37. The first-order valence-corrected chi connectivity index (χ1v) is 8.39. The molecule has 2 unspecified atom stereocenters. The number of aryl methyl sites for hydroxylation is 1. The highest BCUT2D eigenvalue weighted by atomic mass is 16.3. The lowest BCUT2D eigenvalue weighted by Gasteiger charge is -2.42. The lowest BCUT2D eigenvalue weighted by Crippen LogP contribution is -2.46. The smallest absolute Gasteiger partial charge is 0.122 e. The molecule has 0 aliphatic carbocycles. The summed E-state index contributed by atoms with van der Waals surface area (Å²) >= 11 is 0. The highest BCUT2D eigenvalue weighted by Gasteiger charge is 2.34. The second-order valence-electron chi connectivity index (χ2n) is 7.64. The van der Waals surface area contributed by atoms with Crippen LogP contribution >= 0.6 is 0 Å². The molecule has 1 aromatic rings. The van der Waals surface area contributed by atoms with Gasteiger partial charge >= 0.3 is 0 Å². The van der Waals surface area contributed by atoms with Crippen molar-refractivity contribution < 1.29 is 4.42 Å². The van der Waals surface area contributed by atoms with Gasteiger partial charge in [-0.15, -0.1) is 0 Å². The standard InChI is InChI=1S/C18H32N2O/c1-6-15(19)17(16-8-7-13(2)21-16)20-11-9-14(10-12-20)18(3,4)5/h7-8,14-15,17H,6,9-12,19H2,1-5H3. The SMILES string of the molecule is CCC(N)C(c1ccc(C)o1)N1CCC(C(C)(C)C)CC1. The van der Waals surface area contributed by atoms with Crippen LogP contribution in [0.2, 0.25) is 0 Å². The zero-order valence-electron chi connectivity index (χ0n) is 14.4. The molecule has 120 valence electrons. The summed E-state index contributed by atoms with van der Waals surface area (Å²) in [5.74, 6) is 2.82. The maximum absolute atomic E-state index is 6.41. The second-order valence-corrected chi connectivity index (χ2v) is 7.64. The molecule has 1 saturated heterocycles. The molecule has 1 aromatic heterocycles. The molecule has 2 N–H and O–H groups in total. The van der Waals surface area contributed by atoms with Gasteiger partial charge in [0.25, 0.3) is 0 Å². The summed E-state index contributed by atoms with van der Waals surface area (Å²) in [4.78, 5) is 2.54. The van der Waals surface area contributed by atoms with E-state index in [0.29, 0.717) is 5.41 Å². The van der Waals surface area contributed by atoms with Crippen LogP contribution in [-0.4, -0.2) is 24.0 Å². The number of hydrogen-bond donors (Lipinski definition) is 1. The van der Waals surface area contributed by atoms with Gasteiger partial charge < -0.3 is 10.2 Å². The van der Waals surface area contributed by atoms with E-state index in [1.54, 1.807) is 0 Å². The van der Waals surface area contributed by atoms with E-state index in [4.69, 9.17) is 10.2 Å². The minimum absolute atomic E-state index is 0.140. The highest BCUT2D eigenvalue weighted by molar-refractivity contribution is 5.12. The Bertz CT molecular complexity index is 438. The van der Waals surface area contributed by atoms with Crippen molar-refractivity contribution >= 4 is 0 Å². The summed E-state index contributed by atoms with van der Waals surface area (Å²) in [6, 6.07) is 4.52. The van der Waals surface area contributed by atoms with Crippen molar-refractivity contribution in [2.45, 2.75) is 66.0 Å². The first-order chi connectivity index (χ1) is 9.82. The number of rotatable bonds is 4. The average molecular weight is 292 g/mol. The van der Waals surface area contributed by atoms with E-state index in [0.717, 1.165) is 36.9 Å². The Hall–Kier alpha value is -0.800. The topological polar surface area (TPSA) is 42.4 Å². The molecule has 0 amide bonds. The van der Waals surface area contributed by atoms with Crippen molar-refractivity contribution in [2.24, 2.45) is 17.1 Å². The van der Waals surface area contributed by atoms with E-state index < -0.39 is 0 Å². The monoisotopic (exact) mass is 292 g/mol. The van der Waals surface area contributed by atoms with Gasteiger partial charge in [-0.25, -0.2) is 0 Å². The molecule has 0 bridgehead atoms. The van der Waals surface area contributed by atoms with Crippen molar-refractivity contribution in [1.82, 2.24) is 4.90 Å². The Morgan fingerprint density at radius 1 is 1.29 bits per heavy atom. The molecule has 21 heavy (non-hydrogen) atoms. The number of nitrogens with two attached hydrogens (primary N) is 1. The van der Waals surface area contributed by atoms with E-state index >= 15 is 0 Å². The number of likely N-dealkylation sites (tertiary alicyclic amines) is 1. The van der Waals surface area contributed by atoms with Crippen LogP contribution in [0.3, 0.4) is 0 Å².